The van der Waals surface area contributed by atoms with Crippen molar-refractivity contribution in [1.29, 1.82) is 0 Å². The van der Waals surface area contributed by atoms with E-state index in [9.17, 15) is 0 Å². The van der Waals surface area contributed by atoms with E-state index in [1.54, 1.807) is 6.20 Å². The number of fused-ring (bicyclic) bond motifs is 1. The van der Waals surface area contributed by atoms with E-state index in [0.717, 1.165) is 55.9 Å². The minimum atomic E-state index is 0.682. The van der Waals surface area contributed by atoms with E-state index in [2.05, 4.69) is 145 Å². The molecule has 0 aliphatic heterocycles. The fraction of sp³-hybridized carbons (Fsp3) is 0. The largest absolute Gasteiger partial charge is 0.264 e. The molecule has 2 aromatic heterocycles. The van der Waals surface area contributed by atoms with Crippen molar-refractivity contribution in [2.75, 3.05) is 0 Å². The van der Waals surface area contributed by atoms with Crippen molar-refractivity contribution in [2.45, 2.75) is 0 Å². The molecule has 6 aromatic carbocycles. The molecule has 214 valence electrons. The predicted octanol–water partition coefficient (Wildman–Crippen LogP) is 10.6. The number of hydrogen-bond acceptors (Lipinski definition) is 3. The van der Waals surface area contributed by atoms with Gasteiger partial charge in [-0.3, -0.25) is 4.98 Å². The second kappa shape index (κ2) is 12.0. The first-order valence-electron chi connectivity index (χ1n) is 15.3. The zero-order valence-corrected chi connectivity index (χ0v) is 24.9. The lowest BCUT2D eigenvalue weighted by atomic mass is 9.97. The van der Waals surface area contributed by atoms with E-state index in [1.807, 2.05) is 30.5 Å². The molecule has 0 atom stereocenters. The Hall–Kier alpha value is -6.37. The summed E-state index contributed by atoms with van der Waals surface area (Å²) in [5.41, 5.74) is 11.5. The van der Waals surface area contributed by atoms with Gasteiger partial charge in [0.15, 0.2) is 5.82 Å². The van der Waals surface area contributed by atoms with Crippen LogP contribution in [0.15, 0.2) is 164 Å². The molecule has 3 nitrogen and oxygen atoms in total. The van der Waals surface area contributed by atoms with E-state index >= 15 is 0 Å². The van der Waals surface area contributed by atoms with Gasteiger partial charge in [-0.05, 0) is 75.0 Å². The van der Waals surface area contributed by atoms with Gasteiger partial charge < -0.3 is 0 Å². The maximum absolute atomic E-state index is 5.12. The van der Waals surface area contributed by atoms with Gasteiger partial charge in [0, 0.05) is 34.6 Å². The van der Waals surface area contributed by atoms with Crippen molar-refractivity contribution >= 4 is 10.8 Å². The lowest BCUT2D eigenvalue weighted by Crippen LogP contribution is -1.96. The number of hydrogen-bond donors (Lipinski definition) is 0. The summed E-state index contributed by atoms with van der Waals surface area (Å²) in [7, 11) is 0. The Morgan fingerprint density at radius 2 is 1.13 bits per heavy atom. The normalized spacial score (nSPS) is 10.9. The first kappa shape index (κ1) is 27.2. The molecule has 0 saturated heterocycles. The molecule has 0 unspecified atom stereocenters. The summed E-state index contributed by atoms with van der Waals surface area (Å²) < 4.78 is 0. The van der Waals surface area contributed by atoms with Crippen LogP contribution in [0, 0.1) is 12.1 Å². The third-order valence-electron chi connectivity index (χ3n) is 8.29. The van der Waals surface area contributed by atoms with Crippen molar-refractivity contribution in [3.8, 4) is 67.3 Å². The van der Waals surface area contributed by atoms with Crippen LogP contribution in [0.4, 0.5) is 0 Å². The molecule has 0 bridgehead atoms. The van der Waals surface area contributed by atoms with Crippen LogP contribution in [0.25, 0.3) is 78.1 Å². The van der Waals surface area contributed by atoms with Crippen molar-refractivity contribution in [3.05, 3.63) is 176 Å². The summed E-state index contributed by atoms with van der Waals surface area (Å²) in [6.07, 6.45) is 3.68. The van der Waals surface area contributed by atoms with Crippen LogP contribution in [-0.2, 0) is 0 Å². The van der Waals surface area contributed by atoms with Gasteiger partial charge in [0.2, 0.25) is 0 Å². The van der Waals surface area contributed by atoms with Crippen molar-refractivity contribution in [3.63, 3.8) is 0 Å². The second-order valence-electron chi connectivity index (χ2n) is 11.2. The molecule has 2 heterocycles. The topological polar surface area (TPSA) is 38.7 Å². The first-order valence-corrected chi connectivity index (χ1v) is 15.3. The number of rotatable bonds is 6. The van der Waals surface area contributed by atoms with Crippen LogP contribution in [0.5, 0.6) is 0 Å². The fourth-order valence-electron chi connectivity index (χ4n) is 5.90. The highest BCUT2D eigenvalue weighted by molar-refractivity contribution is 5.96. The van der Waals surface area contributed by atoms with Crippen LogP contribution in [0.3, 0.4) is 0 Å². The molecule has 0 radical (unpaired) electrons. The molecule has 0 spiro atoms. The summed E-state index contributed by atoms with van der Waals surface area (Å²) in [5.74, 6) is 0.682. The van der Waals surface area contributed by atoms with Gasteiger partial charge in [-0.1, -0.05) is 127 Å². The highest BCUT2D eigenvalue weighted by Gasteiger charge is 2.13. The van der Waals surface area contributed by atoms with E-state index in [-0.39, 0.29) is 0 Å². The molecule has 0 fully saturated rings. The Balaban J connectivity index is 1.22. The standard InChI is InChI=1S/C43H27N3/c1-2-9-30(10-3-1)31-18-22-34(23-19-31)41-28-42(37-14-6-13-36(27-37)38-15-8-26-44-29-38)46-43(45-41)35-24-20-33(21-25-35)40-17-7-12-32-11-4-5-16-39(32)40/h2,4-29H. The van der Waals surface area contributed by atoms with Crippen LogP contribution in [-0.4, -0.2) is 15.0 Å². The quantitative estimate of drug-likeness (QED) is 0.195. The van der Waals surface area contributed by atoms with Crippen molar-refractivity contribution < 1.29 is 0 Å². The molecule has 0 aliphatic carbocycles. The number of pyridine rings is 1. The van der Waals surface area contributed by atoms with E-state index in [0.29, 0.717) is 5.82 Å². The zero-order valence-electron chi connectivity index (χ0n) is 24.9. The third kappa shape index (κ3) is 5.41. The number of benzene rings is 5. The summed E-state index contributed by atoms with van der Waals surface area (Å²) in [6.45, 7) is 0. The van der Waals surface area contributed by atoms with Crippen LogP contribution in [0.1, 0.15) is 0 Å². The average Bonchev–Trinajstić information content (AvgIpc) is 3.15. The number of nitrogens with zero attached hydrogens (tertiary/aromatic N) is 3. The minimum Gasteiger partial charge on any atom is -0.264 e. The highest BCUT2D eigenvalue weighted by Crippen LogP contribution is 2.33. The van der Waals surface area contributed by atoms with Gasteiger partial charge in [0.1, 0.15) is 0 Å². The second-order valence-corrected chi connectivity index (χ2v) is 11.2. The van der Waals surface area contributed by atoms with E-state index in [4.69, 9.17) is 9.97 Å². The van der Waals surface area contributed by atoms with Crippen LogP contribution >= 0.6 is 0 Å². The SMILES string of the molecule is c1ccc(-c2ccc(-c3cc(-c4cccc(-c5cccnc5)c4)nc(-c4ccc(-c5cccc6ccccc56)cc4)n3)cc2)cc#1. The van der Waals surface area contributed by atoms with Crippen molar-refractivity contribution in [2.24, 2.45) is 0 Å². The van der Waals surface area contributed by atoms with Gasteiger partial charge >= 0.3 is 0 Å². The predicted molar refractivity (Wildman–Crippen MR) is 188 cm³/mol. The van der Waals surface area contributed by atoms with Crippen LogP contribution < -0.4 is 0 Å². The Bertz CT molecular complexity index is 2270. The Morgan fingerprint density at radius 1 is 0.435 bits per heavy atom. The Kier molecular flexibility index (Phi) is 7.07. The van der Waals surface area contributed by atoms with Gasteiger partial charge in [0.05, 0.1) is 11.4 Å². The molecule has 46 heavy (non-hydrogen) atoms. The first-order chi connectivity index (χ1) is 22.8. The molecule has 3 heteroatoms. The summed E-state index contributed by atoms with van der Waals surface area (Å²) in [6, 6.07) is 58.5. The van der Waals surface area contributed by atoms with Crippen LogP contribution in [0.2, 0.25) is 0 Å². The van der Waals surface area contributed by atoms with E-state index in [1.165, 1.54) is 16.3 Å². The van der Waals surface area contributed by atoms with Gasteiger partial charge in [-0.15, -0.1) is 0 Å². The minimum absolute atomic E-state index is 0.682. The Morgan fingerprint density at radius 3 is 1.93 bits per heavy atom. The van der Waals surface area contributed by atoms with Crippen molar-refractivity contribution in [1.82, 2.24) is 15.0 Å². The molecular weight excluding hydrogens is 558 g/mol. The molecule has 0 saturated carbocycles. The molecular formula is C43H27N3. The Labute approximate surface area is 268 Å². The molecule has 8 aromatic rings. The van der Waals surface area contributed by atoms with Gasteiger partial charge in [-0.25, -0.2) is 9.97 Å². The maximum Gasteiger partial charge on any atom is 0.160 e. The fourth-order valence-corrected chi connectivity index (χ4v) is 5.90. The summed E-state index contributed by atoms with van der Waals surface area (Å²) in [5, 5.41) is 2.47. The molecule has 0 amide bonds. The third-order valence-corrected chi connectivity index (χ3v) is 8.29. The summed E-state index contributed by atoms with van der Waals surface area (Å²) >= 11 is 0. The molecule has 8 rings (SSSR count). The van der Waals surface area contributed by atoms with Gasteiger partial charge in [-0.2, -0.15) is 0 Å². The smallest absolute Gasteiger partial charge is 0.160 e. The summed E-state index contributed by atoms with van der Waals surface area (Å²) in [4.78, 5) is 14.5. The average molecular weight is 586 g/mol. The lowest BCUT2D eigenvalue weighted by Gasteiger charge is -2.12. The monoisotopic (exact) mass is 585 g/mol. The highest BCUT2D eigenvalue weighted by atomic mass is 14.9. The van der Waals surface area contributed by atoms with E-state index < -0.39 is 0 Å². The zero-order chi connectivity index (χ0) is 30.7. The lowest BCUT2D eigenvalue weighted by molar-refractivity contribution is 1.18. The maximum atomic E-state index is 5.12. The number of aromatic nitrogens is 3. The molecule has 0 aliphatic rings. The molecule has 0 N–H and O–H groups in total. The van der Waals surface area contributed by atoms with Gasteiger partial charge in [0.25, 0.3) is 0 Å².